The summed E-state index contributed by atoms with van der Waals surface area (Å²) in [6.07, 6.45) is 1.69. The summed E-state index contributed by atoms with van der Waals surface area (Å²) >= 11 is 1.21. The van der Waals surface area contributed by atoms with Crippen molar-refractivity contribution in [2.24, 2.45) is 0 Å². The molecule has 0 bridgehead atoms. The zero-order chi connectivity index (χ0) is 23.5. The highest BCUT2D eigenvalue weighted by molar-refractivity contribution is 7.99. The van der Waals surface area contributed by atoms with Crippen LogP contribution in [0.1, 0.15) is 5.69 Å². The van der Waals surface area contributed by atoms with Crippen molar-refractivity contribution < 1.29 is 23.0 Å². The molecule has 0 spiro atoms. The van der Waals surface area contributed by atoms with E-state index in [0.717, 1.165) is 35.0 Å². The molecule has 33 heavy (non-hydrogen) atoms. The van der Waals surface area contributed by atoms with E-state index in [2.05, 4.69) is 15.4 Å². The lowest BCUT2D eigenvalue weighted by Crippen LogP contribution is -2.15. The van der Waals surface area contributed by atoms with Crippen LogP contribution in [0.3, 0.4) is 0 Å². The molecule has 1 amide bonds. The van der Waals surface area contributed by atoms with Gasteiger partial charge in [-0.1, -0.05) is 17.8 Å². The fourth-order valence-corrected chi connectivity index (χ4v) is 4.14. The lowest BCUT2D eigenvalue weighted by atomic mass is 10.1. The van der Waals surface area contributed by atoms with Gasteiger partial charge in [-0.25, -0.2) is 18.3 Å². The van der Waals surface area contributed by atoms with Crippen LogP contribution in [0.25, 0.3) is 16.8 Å². The second kappa shape index (κ2) is 9.45. The Hall–Kier alpha value is -3.66. The molecule has 10 heteroatoms. The number of amides is 1. The summed E-state index contributed by atoms with van der Waals surface area (Å²) in [5.74, 6) is -0.648. The number of ether oxygens (including phenoxy) is 2. The van der Waals surface area contributed by atoms with Gasteiger partial charge in [0.25, 0.3) is 0 Å². The van der Waals surface area contributed by atoms with Crippen molar-refractivity contribution in [3.63, 3.8) is 0 Å². The number of benzene rings is 2. The monoisotopic (exact) mass is 470 g/mol. The first-order valence-electron chi connectivity index (χ1n) is 9.85. The van der Waals surface area contributed by atoms with Gasteiger partial charge in [0.05, 0.1) is 31.9 Å². The molecule has 0 radical (unpaired) electrons. The first-order chi connectivity index (χ1) is 15.9. The number of rotatable bonds is 7. The molecule has 1 N–H and O–H groups in total. The number of hydrogen-bond donors (Lipinski definition) is 1. The molecule has 0 saturated heterocycles. The van der Waals surface area contributed by atoms with Crippen LogP contribution in [0, 0.1) is 18.6 Å². The number of aromatic nitrogens is 3. The van der Waals surface area contributed by atoms with E-state index in [9.17, 15) is 13.6 Å². The molecule has 4 rings (SSSR count). The van der Waals surface area contributed by atoms with Crippen molar-refractivity contribution in [3.8, 4) is 22.6 Å². The first-order valence-corrected chi connectivity index (χ1v) is 10.8. The Kier molecular flexibility index (Phi) is 6.45. The minimum absolute atomic E-state index is 0.0277. The topological polar surface area (TPSA) is 77.8 Å². The molecular weight excluding hydrogens is 450 g/mol. The SMILES string of the molecule is COc1ccc(-c2cnn3c(SCC(=O)Nc4cc(F)ccc4F)cc(C)nc23)cc1OC. The Labute approximate surface area is 192 Å². The van der Waals surface area contributed by atoms with Gasteiger partial charge in [-0.3, -0.25) is 4.79 Å². The van der Waals surface area contributed by atoms with Gasteiger partial charge in [-0.15, -0.1) is 0 Å². The average Bonchev–Trinajstić information content (AvgIpc) is 3.23. The Morgan fingerprint density at radius 2 is 1.88 bits per heavy atom. The Morgan fingerprint density at radius 1 is 1.09 bits per heavy atom. The van der Waals surface area contributed by atoms with E-state index in [-0.39, 0.29) is 11.4 Å². The van der Waals surface area contributed by atoms with Gasteiger partial charge in [0.1, 0.15) is 16.7 Å². The summed E-state index contributed by atoms with van der Waals surface area (Å²) in [6.45, 7) is 1.84. The number of anilines is 1. The fourth-order valence-electron chi connectivity index (χ4n) is 3.28. The van der Waals surface area contributed by atoms with E-state index in [0.29, 0.717) is 22.2 Å². The molecule has 0 aliphatic carbocycles. The largest absolute Gasteiger partial charge is 0.493 e. The second-order valence-electron chi connectivity index (χ2n) is 7.06. The van der Waals surface area contributed by atoms with E-state index < -0.39 is 17.5 Å². The molecule has 4 aromatic rings. The zero-order valence-corrected chi connectivity index (χ0v) is 18.9. The van der Waals surface area contributed by atoms with Crippen molar-refractivity contribution >= 4 is 29.0 Å². The van der Waals surface area contributed by atoms with Gasteiger partial charge in [-0.2, -0.15) is 5.10 Å². The van der Waals surface area contributed by atoms with Gasteiger partial charge >= 0.3 is 0 Å². The predicted octanol–water partition coefficient (Wildman–Crippen LogP) is 4.73. The number of nitrogens with zero attached hydrogens (tertiary/aromatic N) is 3. The van der Waals surface area contributed by atoms with Crippen LogP contribution >= 0.6 is 11.8 Å². The maximum Gasteiger partial charge on any atom is 0.234 e. The summed E-state index contributed by atoms with van der Waals surface area (Å²) in [4.78, 5) is 16.9. The van der Waals surface area contributed by atoms with Crippen molar-refractivity contribution in [1.82, 2.24) is 14.6 Å². The number of nitrogens with one attached hydrogen (secondary N) is 1. The van der Waals surface area contributed by atoms with E-state index in [1.807, 2.05) is 19.1 Å². The molecule has 7 nitrogen and oxygen atoms in total. The smallest absolute Gasteiger partial charge is 0.234 e. The number of hydrogen-bond acceptors (Lipinski definition) is 6. The highest BCUT2D eigenvalue weighted by Gasteiger charge is 2.16. The quantitative estimate of drug-likeness (QED) is 0.311. The van der Waals surface area contributed by atoms with Gasteiger partial charge < -0.3 is 14.8 Å². The van der Waals surface area contributed by atoms with Crippen LogP contribution in [0.2, 0.25) is 0 Å². The molecule has 0 saturated carbocycles. The Bertz CT molecular complexity index is 1340. The molecule has 2 aromatic heterocycles. The van der Waals surface area contributed by atoms with Gasteiger partial charge in [0.15, 0.2) is 17.1 Å². The minimum atomic E-state index is -0.705. The Balaban J connectivity index is 1.59. The van der Waals surface area contributed by atoms with E-state index >= 15 is 0 Å². The molecule has 0 atom stereocenters. The van der Waals surface area contributed by atoms with E-state index in [4.69, 9.17) is 9.47 Å². The predicted molar refractivity (Wildman–Crippen MR) is 122 cm³/mol. The average molecular weight is 471 g/mol. The molecule has 2 aromatic carbocycles. The van der Waals surface area contributed by atoms with Crippen molar-refractivity contribution in [1.29, 1.82) is 0 Å². The number of carbonyl (C=O) groups is 1. The number of halogens is 2. The van der Waals surface area contributed by atoms with E-state index in [1.165, 1.54) is 11.8 Å². The highest BCUT2D eigenvalue weighted by Crippen LogP contribution is 2.34. The van der Waals surface area contributed by atoms with Crippen LogP contribution in [0.15, 0.2) is 53.7 Å². The molecule has 170 valence electrons. The third-order valence-corrected chi connectivity index (χ3v) is 5.81. The number of methoxy groups -OCH3 is 2. The molecule has 2 heterocycles. The van der Waals surface area contributed by atoms with Crippen LogP contribution < -0.4 is 14.8 Å². The maximum absolute atomic E-state index is 13.8. The first kappa shape index (κ1) is 22.5. The normalized spacial score (nSPS) is 10.9. The standard InChI is InChI=1S/C23H20F2N4O3S/c1-13-8-22(33-12-21(30)28-18-10-15(24)5-6-17(18)25)29-23(27-13)16(11-26-29)14-4-7-19(31-2)20(9-14)32-3/h4-11H,12H2,1-3H3,(H,28,30). The number of aryl methyl sites for hydroxylation is 1. The molecule has 0 aliphatic heterocycles. The molecular formula is C23H20F2N4O3S. The van der Waals surface area contributed by atoms with Crippen molar-refractivity contribution in [2.45, 2.75) is 11.9 Å². The number of fused-ring (bicyclic) bond motifs is 1. The zero-order valence-electron chi connectivity index (χ0n) is 18.1. The summed E-state index contributed by atoms with van der Waals surface area (Å²) in [7, 11) is 3.13. The lowest BCUT2D eigenvalue weighted by molar-refractivity contribution is -0.113. The fraction of sp³-hybridized carbons (Fsp3) is 0.174. The van der Waals surface area contributed by atoms with E-state index in [1.54, 1.807) is 37.1 Å². The van der Waals surface area contributed by atoms with Crippen molar-refractivity contribution in [2.75, 3.05) is 25.3 Å². The summed E-state index contributed by atoms with van der Waals surface area (Å²) in [5.41, 5.74) is 2.78. The van der Waals surface area contributed by atoms with Crippen LogP contribution in [-0.2, 0) is 4.79 Å². The molecule has 0 unspecified atom stereocenters. The van der Waals surface area contributed by atoms with Crippen LogP contribution in [-0.4, -0.2) is 40.5 Å². The summed E-state index contributed by atoms with van der Waals surface area (Å²) in [6, 6.07) is 10.2. The lowest BCUT2D eigenvalue weighted by Gasteiger charge is -2.10. The van der Waals surface area contributed by atoms with Crippen molar-refractivity contribution in [3.05, 3.63) is 66.0 Å². The van der Waals surface area contributed by atoms with Crippen LogP contribution in [0.5, 0.6) is 11.5 Å². The molecule has 0 aliphatic rings. The minimum Gasteiger partial charge on any atom is -0.493 e. The summed E-state index contributed by atoms with van der Waals surface area (Å²) < 4.78 is 39.5. The number of carbonyl (C=O) groups excluding carboxylic acids is 1. The summed E-state index contributed by atoms with van der Waals surface area (Å²) in [5, 5.41) is 7.51. The maximum atomic E-state index is 13.8. The third-order valence-electron chi connectivity index (χ3n) is 4.82. The van der Waals surface area contributed by atoms with Crippen LogP contribution in [0.4, 0.5) is 14.5 Å². The second-order valence-corrected chi connectivity index (χ2v) is 8.06. The third kappa shape index (κ3) is 4.75. The number of thioether (sulfide) groups is 1. The van der Waals surface area contributed by atoms with Gasteiger partial charge in [0.2, 0.25) is 5.91 Å². The Morgan fingerprint density at radius 3 is 2.64 bits per heavy atom. The van der Waals surface area contributed by atoms with Gasteiger partial charge in [0, 0.05) is 17.3 Å². The molecule has 0 fully saturated rings. The van der Waals surface area contributed by atoms with Gasteiger partial charge in [-0.05, 0) is 42.8 Å². The highest BCUT2D eigenvalue weighted by atomic mass is 32.2.